The van der Waals surface area contributed by atoms with Gasteiger partial charge < -0.3 is 14.4 Å². The first-order chi connectivity index (χ1) is 13.7. The number of hydrogen-bond donors (Lipinski definition) is 0. The van der Waals surface area contributed by atoms with Gasteiger partial charge in [0.05, 0.1) is 0 Å². The number of hydrogen-bond acceptors (Lipinski definition) is 3. The number of aromatic nitrogens is 1. The minimum atomic E-state index is -0.113. The van der Waals surface area contributed by atoms with Crippen molar-refractivity contribution >= 4 is 5.91 Å². The Morgan fingerprint density at radius 2 is 1.79 bits per heavy atom. The summed E-state index contributed by atoms with van der Waals surface area (Å²) in [5.74, 6) is 0.626. The van der Waals surface area contributed by atoms with Crippen molar-refractivity contribution in [3.8, 4) is 0 Å². The highest BCUT2D eigenvalue weighted by Crippen LogP contribution is 2.28. The van der Waals surface area contributed by atoms with E-state index in [1.165, 1.54) is 22.6 Å². The van der Waals surface area contributed by atoms with Gasteiger partial charge >= 0.3 is 0 Å². The lowest BCUT2D eigenvalue weighted by Crippen LogP contribution is -2.49. The second-order valence-corrected chi connectivity index (χ2v) is 8.16. The van der Waals surface area contributed by atoms with Crippen LogP contribution in [0, 0.1) is 5.92 Å². The fourth-order valence-electron chi connectivity index (χ4n) is 4.65. The van der Waals surface area contributed by atoms with Crippen molar-refractivity contribution in [3.05, 3.63) is 70.6 Å². The van der Waals surface area contributed by atoms with E-state index in [0.717, 1.165) is 45.4 Å². The zero-order valence-corrected chi connectivity index (χ0v) is 16.4. The lowest BCUT2D eigenvalue weighted by atomic mass is 9.95. The molecular weight excluding hydrogens is 350 g/mol. The Balaban J connectivity index is 1.34. The Kier molecular flexibility index (Phi) is 5.91. The number of benzene rings is 1. The lowest BCUT2D eigenvalue weighted by Gasteiger charge is -2.36. The van der Waals surface area contributed by atoms with Crippen LogP contribution in [0.1, 0.15) is 24.8 Å². The Hall–Kier alpha value is -2.40. The van der Waals surface area contributed by atoms with Gasteiger partial charge in [-0.1, -0.05) is 36.4 Å². The van der Waals surface area contributed by atoms with Crippen LogP contribution >= 0.6 is 0 Å². The summed E-state index contributed by atoms with van der Waals surface area (Å²) in [7, 11) is 0. The van der Waals surface area contributed by atoms with Crippen LogP contribution in [0.15, 0.2) is 59.5 Å². The second kappa shape index (κ2) is 8.74. The maximum Gasteiger partial charge on any atom is 0.250 e. The molecule has 0 N–H and O–H groups in total. The minimum Gasteiger partial charge on any atom is -0.337 e. The Morgan fingerprint density at radius 3 is 2.61 bits per heavy atom. The van der Waals surface area contributed by atoms with E-state index in [1.807, 2.05) is 4.90 Å². The quantitative estimate of drug-likeness (QED) is 0.774. The molecule has 2 atom stereocenters. The summed E-state index contributed by atoms with van der Waals surface area (Å²) in [6, 6.07) is 16.0. The molecule has 2 bridgehead atoms. The molecule has 148 valence electrons. The first-order valence-electron chi connectivity index (χ1n) is 10.4. The Morgan fingerprint density at radius 1 is 0.964 bits per heavy atom. The SMILES string of the molecule is O=C(Cn1ccccc1=O)N1C[C@H]2CC[C@@H]1CN(CCCc1ccccc1)C2. The first-order valence-corrected chi connectivity index (χ1v) is 10.4. The molecule has 2 aromatic rings. The molecule has 28 heavy (non-hydrogen) atoms. The van der Waals surface area contributed by atoms with E-state index in [2.05, 4.69) is 35.2 Å². The summed E-state index contributed by atoms with van der Waals surface area (Å²) < 4.78 is 1.51. The highest BCUT2D eigenvalue weighted by molar-refractivity contribution is 5.76. The fourth-order valence-corrected chi connectivity index (χ4v) is 4.65. The number of carbonyl (C=O) groups excluding carboxylic acids is 1. The van der Waals surface area contributed by atoms with Crippen LogP contribution in [0.4, 0.5) is 0 Å². The average molecular weight is 380 g/mol. The molecule has 1 aromatic carbocycles. The summed E-state index contributed by atoms with van der Waals surface area (Å²) in [5.41, 5.74) is 1.28. The van der Waals surface area contributed by atoms with Crippen LogP contribution in [0.5, 0.6) is 0 Å². The highest BCUT2D eigenvalue weighted by atomic mass is 16.2. The first kappa shape index (κ1) is 18.9. The van der Waals surface area contributed by atoms with Gasteiger partial charge in [0.15, 0.2) is 0 Å². The largest absolute Gasteiger partial charge is 0.337 e. The van der Waals surface area contributed by atoms with E-state index >= 15 is 0 Å². The molecule has 3 saturated heterocycles. The van der Waals surface area contributed by atoms with Crippen LogP contribution in [0.2, 0.25) is 0 Å². The van der Waals surface area contributed by atoms with Gasteiger partial charge in [0.25, 0.3) is 5.56 Å². The molecule has 5 nitrogen and oxygen atoms in total. The normalized spacial score (nSPS) is 22.2. The molecule has 0 saturated carbocycles. The molecule has 1 amide bonds. The molecule has 1 aromatic heterocycles. The van der Waals surface area contributed by atoms with Crippen molar-refractivity contribution in [2.24, 2.45) is 5.92 Å². The highest BCUT2D eigenvalue weighted by Gasteiger charge is 2.36. The third-order valence-corrected chi connectivity index (χ3v) is 6.10. The third kappa shape index (κ3) is 4.53. The topological polar surface area (TPSA) is 45.6 Å². The van der Waals surface area contributed by atoms with Gasteiger partial charge in [-0.2, -0.15) is 0 Å². The van der Waals surface area contributed by atoms with E-state index in [4.69, 9.17) is 0 Å². The number of rotatable bonds is 6. The molecule has 3 aliphatic rings. The van der Waals surface area contributed by atoms with Crippen molar-refractivity contribution in [2.45, 2.75) is 38.3 Å². The molecule has 3 aliphatic heterocycles. The van der Waals surface area contributed by atoms with Crippen molar-refractivity contribution < 1.29 is 4.79 Å². The summed E-state index contributed by atoms with van der Waals surface area (Å²) in [6.07, 6.45) is 6.24. The van der Waals surface area contributed by atoms with Gasteiger partial charge in [-0.3, -0.25) is 9.59 Å². The lowest BCUT2D eigenvalue weighted by molar-refractivity contribution is -0.136. The third-order valence-electron chi connectivity index (χ3n) is 6.10. The molecule has 5 rings (SSSR count). The molecule has 5 heteroatoms. The molecular formula is C23H29N3O2. The molecule has 3 fully saturated rings. The van der Waals surface area contributed by atoms with Crippen molar-refractivity contribution in [3.63, 3.8) is 0 Å². The van der Waals surface area contributed by atoms with Crippen LogP contribution in [0.25, 0.3) is 0 Å². The number of fused-ring (bicyclic) bond motifs is 4. The zero-order chi connectivity index (χ0) is 19.3. The van der Waals surface area contributed by atoms with Crippen LogP contribution in [0.3, 0.4) is 0 Å². The Bertz CT molecular complexity index is 848. The smallest absolute Gasteiger partial charge is 0.250 e. The van der Waals surface area contributed by atoms with Crippen molar-refractivity contribution in [2.75, 3.05) is 26.2 Å². The van der Waals surface area contributed by atoms with Gasteiger partial charge in [0.2, 0.25) is 5.91 Å². The Labute approximate surface area is 166 Å². The maximum atomic E-state index is 12.9. The number of carbonyl (C=O) groups is 1. The van der Waals surface area contributed by atoms with E-state index in [1.54, 1.807) is 18.3 Å². The average Bonchev–Trinajstić information content (AvgIpc) is 3.01. The van der Waals surface area contributed by atoms with Crippen molar-refractivity contribution in [1.82, 2.24) is 14.4 Å². The fraction of sp³-hybridized carbons (Fsp3) is 0.478. The van der Waals surface area contributed by atoms with Gasteiger partial charge in [-0.15, -0.1) is 0 Å². The molecule has 0 aliphatic carbocycles. The van der Waals surface area contributed by atoms with Crippen LogP contribution in [-0.2, 0) is 17.8 Å². The minimum absolute atomic E-state index is 0.0779. The predicted octanol–water partition coefficient (Wildman–Crippen LogP) is 2.40. The van der Waals surface area contributed by atoms with Gasteiger partial charge in [-0.05, 0) is 49.8 Å². The number of amides is 1. The van der Waals surface area contributed by atoms with E-state index in [9.17, 15) is 9.59 Å². The van der Waals surface area contributed by atoms with Crippen LogP contribution in [-0.4, -0.2) is 52.5 Å². The maximum absolute atomic E-state index is 12.9. The molecule has 4 heterocycles. The van der Waals surface area contributed by atoms with E-state index in [-0.39, 0.29) is 24.1 Å². The molecule has 0 radical (unpaired) electrons. The zero-order valence-electron chi connectivity index (χ0n) is 16.4. The van der Waals surface area contributed by atoms with E-state index < -0.39 is 0 Å². The van der Waals surface area contributed by atoms with Gasteiger partial charge in [0.1, 0.15) is 6.54 Å². The summed E-state index contributed by atoms with van der Waals surface area (Å²) >= 11 is 0. The van der Waals surface area contributed by atoms with Gasteiger partial charge in [0, 0.05) is 37.9 Å². The summed E-state index contributed by atoms with van der Waals surface area (Å²) in [4.78, 5) is 29.4. The molecule has 0 unspecified atom stereocenters. The standard InChI is InChI=1S/C23H29N3O2/c27-22-10-4-5-14-25(22)18-23(28)26-16-20-11-12-21(26)17-24(15-20)13-6-9-19-7-2-1-3-8-19/h1-5,7-8,10,14,20-21H,6,9,11-13,15-18H2/t20-,21+/m0/s1. The summed E-state index contributed by atoms with van der Waals surface area (Å²) in [5, 5.41) is 0. The number of pyridine rings is 1. The monoisotopic (exact) mass is 379 g/mol. The van der Waals surface area contributed by atoms with Gasteiger partial charge in [-0.25, -0.2) is 0 Å². The van der Waals surface area contributed by atoms with Crippen LogP contribution < -0.4 is 5.56 Å². The number of piperidine rings is 1. The number of aryl methyl sites for hydroxylation is 1. The van der Waals surface area contributed by atoms with E-state index in [0.29, 0.717) is 5.92 Å². The molecule has 0 spiro atoms. The van der Waals surface area contributed by atoms with Crippen molar-refractivity contribution in [1.29, 1.82) is 0 Å². The predicted molar refractivity (Wildman–Crippen MR) is 110 cm³/mol. The second-order valence-electron chi connectivity index (χ2n) is 8.16. The number of nitrogens with zero attached hydrogens (tertiary/aromatic N) is 3. The summed E-state index contributed by atoms with van der Waals surface area (Å²) in [6.45, 7) is 4.11.